The third kappa shape index (κ3) is 3.17. The minimum Gasteiger partial charge on any atom is -0.478 e. The molecule has 5 nitrogen and oxygen atoms in total. The lowest BCUT2D eigenvalue weighted by Crippen LogP contribution is -2.47. The van der Waals surface area contributed by atoms with Gasteiger partial charge in [-0.3, -0.25) is 4.90 Å². The summed E-state index contributed by atoms with van der Waals surface area (Å²) in [6, 6.07) is 4.72. The first-order valence-corrected chi connectivity index (χ1v) is 7.08. The summed E-state index contributed by atoms with van der Waals surface area (Å²) in [7, 11) is 0. The monoisotopic (exact) mass is 273 g/mol. The minimum atomic E-state index is -0.940. The summed E-state index contributed by atoms with van der Waals surface area (Å²) < 4.78 is 0. The molecule has 1 aromatic rings. The van der Waals surface area contributed by atoms with Crippen LogP contribution in [-0.4, -0.2) is 53.2 Å². The average molecular weight is 273 g/mol. The van der Waals surface area contributed by atoms with Crippen molar-refractivity contribution in [1.29, 1.82) is 0 Å². The van der Waals surface area contributed by atoms with Crippen LogP contribution in [0, 0.1) is 0 Å². The molecule has 1 N–H and O–H groups in total. The lowest BCUT2D eigenvalue weighted by molar-refractivity contribution is -0.131. The second-order valence-corrected chi connectivity index (χ2v) is 5.38. The Labute approximate surface area is 118 Å². The van der Waals surface area contributed by atoms with Crippen molar-refractivity contribution in [1.82, 2.24) is 9.88 Å². The minimum absolute atomic E-state index is 0.813. The number of carboxylic acid groups (broad SMARTS) is 1. The highest BCUT2D eigenvalue weighted by atomic mass is 16.4. The maximum absolute atomic E-state index is 10.5. The third-order valence-corrected chi connectivity index (χ3v) is 3.89. The van der Waals surface area contributed by atoms with Crippen molar-refractivity contribution in [3.63, 3.8) is 0 Å². The predicted molar refractivity (Wildman–Crippen MR) is 77.7 cm³/mol. The van der Waals surface area contributed by atoms with Crippen molar-refractivity contribution in [3.05, 3.63) is 30.0 Å². The van der Waals surface area contributed by atoms with Gasteiger partial charge in [-0.25, -0.2) is 9.78 Å². The van der Waals surface area contributed by atoms with E-state index in [1.165, 1.54) is 12.8 Å². The van der Waals surface area contributed by atoms with Gasteiger partial charge in [0, 0.05) is 44.5 Å². The van der Waals surface area contributed by atoms with Gasteiger partial charge in [-0.15, -0.1) is 0 Å². The molecule has 5 heteroatoms. The molecule has 1 aliphatic carbocycles. The number of nitrogens with zero attached hydrogens (tertiary/aromatic N) is 3. The molecule has 0 spiro atoms. The molecule has 2 fully saturated rings. The molecule has 2 aliphatic rings. The van der Waals surface area contributed by atoms with Gasteiger partial charge < -0.3 is 10.0 Å². The highest BCUT2D eigenvalue weighted by Gasteiger charge is 2.31. The van der Waals surface area contributed by atoms with Crippen LogP contribution in [0.25, 0.3) is 6.08 Å². The Morgan fingerprint density at radius 2 is 2.00 bits per heavy atom. The van der Waals surface area contributed by atoms with Crippen molar-refractivity contribution in [2.75, 3.05) is 31.1 Å². The van der Waals surface area contributed by atoms with E-state index in [1.54, 1.807) is 12.3 Å². The fraction of sp³-hybridized carbons (Fsp3) is 0.467. The smallest absolute Gasteiger partial charge is 0.328 e. The zero-order valence-corrected chi connectivity index (χ0v) is 11.4. The normalized spacial score (nSPS) is 20.5. The van der Waals surface area contributed by atoms with Gasteiger partial charge in [-0.2, -0.15) is 0 Å². The number of hydrogen-bond acceptors (Lipinski definition) is 4. The number of carboxylic acids is 1. The van der Waals surface area contributed by atoms with Crippen LogP contribution in [0.5, 0.6) is 0 Å². The molecule has 0 radical (unpaired) electrons. The number of pyridine rings is 1. The molecule has 1 aliphatic heterocycles. The van der Waals surface area contributed by atoms with Gasteiger partial charge in [0.15, 0.2) is 0 Å². The average Bonchev–Trinajstić information content (AvgIpc) is 3.31. The van der Waals surface area contributed by atoms with Crippen molar-refractivity contribution in [2.45, 2.75) is 18.9 Å². The van der Waals surface area contributed by atoms with E-state index in [2.05, 4.69) is 14.8 Å². The first kappa shape index (κ1) is 13.1. The van der Waals surface area contributed by atoms with Crippen molar-refractivity contribution in [3.8, 4) is 0 Å². The molecule has 0 amide bonds. The van der Waals surface area contributed by atoms with Gasteiger partial charge in [0.05, 0.1) is 0 Å². The highest BCUT2D eigenvalue weighted by Crippen LogP contribution is 2.28. The zero-order chi connectivity index (χ0) is 13.9. The number of aliphatic carboxylic acids is 1. The maximum Gasteiger partial charge on any atom is 0.328 e. The molecule has 3 rings (SSSR count). The maximum atomic E-state index is 10.5. The van der Waals surface area contributed by atoms with E-state index in [0.29, 0.717) is 0 Å². The van der Waals surface area contributed by atoms with Gasteiger partial charge in [-0.05, 0) is 36.6 Å². The zero-order valence-electron chi connectivity index (χ0n) is 11.4. The Balaban J connectivity index is 1.58. The molecule has 106 valence electrons. The Bertz CT molecular complexity index is 500. The summed E-state index contributed by atoms with van der Waals surface area (Å²) in [5, 5.41) is 8.59. The first-order valence-electron chi connectivity index (χ1n) is 7.08. The number of anilines is 1. The summed E-state index contributed by atoms with van der Waals surface area (Å²) in [5.74, 6) is 0.0400. The topological polar surface area (TPSA) is 56.7 Å². The van der Waals surface area contributed by atoms with Gasteiger partial charge in [0.1, 0.15) is 5.82 Å². The molecule has 0 atom stereocenters. The summed E-state index contributed by atoms with van der Waals surface area (Å²) in [6.45, 7) is 4.28. The van der Waals surface area contributed by atoms with Crippen LogP contribution >= 0.6 is 0 Å². The quantitative estimate of drug-likeness (QED) is 0.842. The highest BCUT2D eigenvalue weighted by molar-refractivity contribution is 5.85. The third-order valence-electron chi connectivity index (χ3n) is 3.89. The van der Waals surface area contributed by atoms with Crippen molar-refractivity contribution in [2.24, 2.45) is 0 Å². The molecule has 0 bridgehead atoms. The van der Waals surface area contributed by atoms with E-state index in [0.717, 1.165) is 49.7 Å². The van der Waals surface area contributed by atoms with E-state index in [1.807, 2.05) is 12.1 Å². The Morgan fingerprint density at radius 3 is 2.55 bits per heavy atom. The Hall–Kier alpha value is -1.88. The van der Waals surface area contributed by atoms with Gasteiger partial charge in [0.2, 0.25) is 0 Å². The van der Waals surface area contributed by atoms with E-state index in [9.17, 15) is 4.79 Å². The Morgan fingerprint density at radius 1 is 1.25 bits per heavy atom. The van der Waals surface area contributed by atoms with Crippen LogP contribution in [-0.2, 0) is 4.79 Å². The molecule has 1 saturated carbocycles. The molecule has 0 unspecified atom stereocenters. The molecule has 0 aromatic carbocycles. The lowest BCUT2D eigenvalue weighted by atomic mass is 10.2. The second kappa shape index (κ2) is 5.63. The number of piperazine rings is 1. The predicted octanol–water partition coefficient (Wildman–Crippen LogP) is 1.46. The van der Waals surface area contributed by atoms with E-state index in [4.69, 9.17) is 5.11 Å². The fourth-order valence-electron chi connectivity index (χ4n) is 2.61. The molecular formula is C15H19N3O2. The molecule has 2 heterocycles. The molecule has 1 aromatic heterocycles. The SMILES string of the molecule is O=C(O)/C=C/c1ccc(N2CCN(C3CC3)CC2)nc1. The summed E-state index contributed by atoms with van der Waals surface area (Å²) in [6.07, 6.45) is 7.14. The van der Waals surface area contributed by atoms with Crippen LogP contribution in [0.3, 0.4) is 0 Å². The second-order valence-electron chi connectivity index (χ2n) is 5.38. The number of hydrogen-bond donors (Lipinski definition) is 1. The van der Waals surface area contributed by atoms with Gasteiger partial charge in [-0.1, -0.05) is 0 Å². The van der Waals surface area contributed by atoms with Gasteiger partial charge >= 0.3 is 5.97 Å². The van der Waals surface area contributed by atoms with Gasteiger partial charge in [0.25, 0.3) is 0 Å². The number of aromatic nitrogens is 1. The van der Waals surface area contributed by atoms with E-state index in [-0.39, 0.29) is 0 Å². The van der Waals surface area contributed by atoms with Crippen LogP contribution in [0.2, 0.25) is 0 Å². The summed E-state index contributed by atoms with van der Waals surface area (Å²) in [5.41, 5.74) is 0.813. The Kier molecular flexibility index (Phi) is 3.69. The molecule has 20 heavy (non-hydrogen) atoms. The van der Waals surface area contributed by atoms with E-state index < -0.39 is 5.97 Å². The van der Waals surface area contributed by atoms with Crippen LogP contribution in [0.15, 0.2) is 24.4 Å². The van der Waals surface area contributed by atoms with Crippen LogP contribution < -0.4 is 4.90 Å². The first-order chi connectivity index (χ1) is 9.72. The molecular weight excluding hydrogens is 254 g/mol. The van der Waals surface area contributed by atoms with Crippen LogP contribution in [0.1, 0.15) is 18.4 Å². The van der Waals surface area contributed by atoms with Crippen molar-refractivity contribution >= 4 is 17.9 Å². The number of carbonyl (C=O) groups is 1. The lowest BCUT2D eigenvalue weighted by Gasteiger charge is -2.35. The fourth-order valence-corrected chi connectivity index (χ4v) is 2.61. The summed E-state index contributed by atoms with van der Waals surface area (Å²) >= 11 is 0. The van der Waals surface area contributed by atoms with E-state index >= 15 is 0 Å². The van der Waals surface area contributed by atoms with Crippen LogP contribution in [0.4, 0.5) is 5.82 Å². The largest absolute Gasteiger partial charge is 0.478 e. The summed E-state index contributed by atoms with van der Waals surface area (Å²) in [4.78, 5) is 19.8. The molecule has 1 saturated heterocycles. The number of rotatable bonds is 4. The van der Waals surface area contributed by atoms with Crippen molar-refractivity contribution < 1.29 is 9.90 Å². The standard InChI is InChI=1S/C15H19N3O2/c19-15(20)6-2-12-1-5-14(16-11-12)18-9-7-17(8-10-18)13-3-4-13/h1-2,5-6,11,13H,3-4,7-10H2,(H,19,20)/b6-2+.